The van der Waals surface area contributed by atoms with E-state index in [4.69, 9.17) is 4.99 Å². The van der Waals surface area contributed by atoms with Crippen molar-refractivity contribution >= 4 is 11.7 Å². The van der Waals surface area contributed by atoms with Gasteiger partial charge in [0.25, 0.3) is 0 Å². The van der Waals surface area contributed by atoms with Crippen LogP contribution in [0.25, 0.3) is 11.1 Å². The molecule has 2 aliphatic heterocycles. The molecule has 0 atom stereocenters. The third-order valence-corrected chi connectivity index (χ3v) is 5.69. The molecule has 160 valence electrons. The summed E-state index contributed by atoms with van der Waals surface area (Å²) in [6.45, 7) is 12.5. The van der Waals surface area contributed by atoms with Crippen LogP contribution >= 0.6 is 0 Å². The molecule has 0 amide bonds. The molecule has 6 heteroatoms. The first kappa shape index (κ1) is 20.9. The molecule has 0 spiro atoms. The lowest BCUT2D eigenvalue weighted by Gasteiger charge is -2.33. The van der Waals surface area contributed by atoms with E-state index >= 15 is 4.39 Å². The number of benzene rings is 1. The lowest BCUT2D eigenvalue weighted by Crippen LogP contribution is -2.48. The Labute approximate surface area is 179 Å². The smallest absolute Gasteiger partial charge is 0.225 e. The summed E-state index contributed by atoms with van der Waals surface area (Å²) in [5.74, 6) is 0.518. The second kappa shape index (κ2) is 8.80. The fourth-order valence-electron chi connectivity index (χ4n) is 3.91. The van der Waals surface area contributed by atoms with Gasteiger partial charge < -0.3 is 9.80 Å². The number of hydrogen-bond donors (Lipinski definition) is 0. The number of aromatic nitrogens is 2. The van der Waals surface area contributed by atoms with Crippen molar-refractivity contribution in [3.63, 3.8) is 0 Å². The molecule has 0 saturated carbocycles. The predicted octanol–water partition coefficient (Wildman–Crippen LogP) is 4.23. The van der Waals surface area contributed by atoms with Crippen molar-refractivity contribution in [3.05, 3.63) is 42.0 Å². The Morgan fingerprint density at radius 2 is 1.83 bits per heavy atom. The van der Waals surface area contributed by atoms with Crippen LogP contribution < -0.4 is 4.90 Å². The number of likely N-dealkylation sites (tertiary alicyclic amines) is 1. The first-order chi connectivity index (χ1) is 14.4. The van der Waals surface area contributed by atoms with Gasteiger partial charge in [0.1, 0.15) is 5.82 Å². The topological polar surface area (TPSA) is 44.6 Å². The minimum atomic E-state index is -0.166. The monoisotopic (exact) mass is 409 g/mol. The van der Waals surface area contributed by atoms with E-state index in [1.807, 2.05) is 12.1 Å². The molecular weight excluding hydrogens is 377 g/mol. The summed E-state index contributed by atoms with van der Waals surface area (Å²) in [6.07, 6.45) is 6.62. The maximum absolute atomic E-state index is 15.0. The third-order valence-electron chi connectivity index (χ3n) is 5.69. The SMILES string of the molecule is CC(C)(C)Cc1cccc(-c2cnc(N3CC(=NCCCN4CCC4)C3)nc2)c1F. The van der Waals surface area contributed by atoms with Gasteiger partial charge in [0.2, 0.25) is 5.95 Å². The normalized spacial score (nSPS) is 16.9. The predicted molar refractivity (Wildman–Crippen MR) is 121 cm³/mol. The minimum absolute atomic E-state index is 0.0332. The first-order valence-electron chi connectivity index (χ1n) is 11.0. The van der Waals surface area contributed by atoms with Crippen LogP contribution in [0.4, 0.5) is 10.3 Å². The summed E-state index contributed by atoms with van der Waals surface area (Å²) in [5.41, 5.74) is 3.27. The van der Waals surface area contributed by atoms with Crippen LogP contribution in [0.15, 0.2) is 35.6 Å². The molecule has 2 saturated heterocycles. The van der Waals surface area contributed by atoms with E-state index in [9.17, 15) is 0 Å². The van der Waals surface area contributed by atoms with Crippen molar-refractivity contribution in [1.82, 2.24) is 14.9 Å². The molecule has 1 aromatic heterocycles. The Hall–Kier alpha value is -2.34. The van der Waals surface area contributed by atoms with Gasteiger partial charge in [0.15, 0.2) is 0 Å². The molecule has 30 heavy (non-hydrogen) atoms. The maximum atomic E-state index is 15.0. The van der Waals surface area contributed by atoms with E-state index in [1.54, 1.807) is 18.5 Å². The Morgan fingerprint density at radius 1 is 1.10 bits per heavy atom. The van der Waals surface area contributed by atoms with Gasteiger partial charge in [0, 0.05) is 30.1 Å². The van der Waals surface area contributed by atoms with E-state index < -0.39 is 0 Å². The Kier molecular flexibility index (Phi) is 6.14. The van der Waals surface area contributed by atoms with Crippen LogP contribution in [-0.2, 0) is 6.42 Å². The molecule has 2 fully saturated rings. The lowest BCUT2D eigenvalue weighted by molar-refractivity contribution is 0.180. The van der Waals surface area contributed by atoms with Gasteiger partial charge in [-0.05, 0) is 49.9 Å². The second-order valence-corrected chi connectivity index (χ2v) is 9.64. The van der Waals surface area contributed by atoms with E-state index in [-0.39, 0.29) is 11.2 Å². The second-order valence-electron chi connectivity index (χ2n) is 9.64. The summed E-state index contributed by atoms with van der Waals surface area (Å²) in [6, 6.07) is 5.58. The quantitative estimate of drug-likeness (QED) is 0.642. The third kappa shape index (κ3) is 5.04. The van der Waals surface area contributed by atoms with Crippen LogP contribution in [0.3, 0.4) is 0 Å². The average Bonchev–Trinajstić information content (AvgIpc) is 2.62. The Balaban J connectivity index is 1.33. The molecule has 0 unspecified atom stereocenters. The molecular formula is C24H32FN5. The van der Waals surface area contributed by atoms with Gasteiger partial charge in [-0.2, -0.15) is 0 Å². The number of hydrogen-bond acceptors (Lipinski definition) is 5. The zero-order valence-electron chi connectivity index (χ0n) is 18.4. The van der Waals surface area contributed by atoms with Crippen molar-refractivity contribution in [2.75, 3.05) is 44.2 Å². The van der Waals surface area contributed by atoms with Gasteiger partial charge in [-0.15, -0.1) is 0 Å². The zero-order valence-corrected chi connectivity index (χ0v) is 18.4. The highest BCUT2D eigenvalue weighted by Gasteiger charge is 2.24. The summed E-state index contributed by atoms with van der Waals surface area (Å²) >= 11 is 0. The minimum Gasteiger partial charge on any atom is -0.330 e. The zero-order chi connectivity index (χ0) is 21.1. The number of nitrogens with zero attached hydrogens (tertiary/aromatic N) is 5. The largest absolute Gasteiger partial charge is 0.330 e. The molecule has 3 heterocycles. The van der Waals surface area contributed by atoms with Gasteiger partial charge in [-0.3, -0.25) is 4.99 Å². The number of anilines is 1. The fraction of sp³-hybridized carbons (Fsp3) is 0.542. The molecule has 0 N–H and O–H groups in total. The highest BCUT2D eigenvalue weighted by atomic mass is 19.1. The van der Waals surface area contributed by atoms with E-state index in [0.717, 1.165) is 31.6 Å². The van der Waals surface area contributed by atoms with Crippen LogP contribution in [0, 0.1) is 11.2 Å². The lowest BCUT2D eigenvalue weighted by atomic mass is 9.87. The van der Waals surface area contributed by atoms with Gasteiger partial charge in [-0.1, -0.05) is 39.0 Å². The number of halogens is 1. The maximum Gasteiger partial charge on any atom is 0.225 e. The van der Waals surface area contributed by atoms with Crippen molar-refractivity contribution < 1.29 is 4.39 Å². The highest BCUT2D eigenvalue weighted by Crippen LogP contribution is 2.29. The average molecular weight is 410 g/mol. The van der Waals surface area contributed by atoms with Crippen molar-refractivity contribution in [3.8, 4) is 11.1 Å². The Morgan fingerprint density at radius 3 is 2.47 bits per heavy atom. The number of rotatable bonds is 7. The molecule has 0 aliphatic carbocycles. The van der Waals surface area contributed by atoms with Crippen LogP contribution in [0.5, 0.6) is 0 Å². The molecule has 5 nitrogen and oxygen atoms in total. The summed E-state index contributed by atoms with van der Waals surface area (Å²) < 4.78 is 15.0. The molecule has 4 rings (SSSR count). The van der Waals surface area contributed by atoms with Crippen LogP contribution in [0.1, 0.15) is 39.2 Å². The van der Waals surface area contributed by atoms with Crippen LogP contribution in [-0.4, -0.2) is 59.8 Å². The fourth-order valence-corrected chi connectivity index (χ4v) is 3.91. The molecule has 0 radical (unpaired) electrons. The van der Waals surface area contributed by atoms with E-state index in [2.05, 4.69) is 40.5 Å². The van der Waals surface area contributed by atoms with Crippen molar-refractivity contribution in [2.24, 2.45) is 10.4 Å². The molecule has 0 bridgehead atoms. The van der Waals surface area contributed by atoms with E-state index in [1.165, 1.54) is 31.8 Å². The first-order valence-corrected chi connectivity index (χ1v) is 11.0. The van der Waals surface area contributed by atoms with Crippen LogP contribution in [0.2, 0.25) is 0 Å². The van der Waals surface area contributed by atoms with Crippen molar-refractivity contribution in [1.29, 1.82) is 0 Å². The van der Waals surface area contributed by atoms with Crippen molar-refractivity contribution in [2.45, 2.75) is 40.0 Å². The van der Waals surface area contributed by atoms with Gasteiger partial charge in [0.05, 0.1) is 18.8 Å². The standard InChI is InChI=1S/C24H32FN5/c1-24(2,3)13-18-7-4-8-21(22(18)25)19-14-27-23(28-15-19)30-16-20(17-30)26-9-5-10-29-11-6-12-29/h4,7-8,14-15H,5-6,9-13,16-17H2,1-3H3. The highest BCUT2D eigenvalue weighted by molar-refractivity contribution is 5.99. The molecule has 2 aliphatic rings. The molecule has 1 aromatic carbocycles. The van der Waals surface area contributed by atoms with E-state index in [0.29, 0.717) is 23.5 Å². The Bertz CT molecular complexity index is 889. The molecule has 2 aromatic rings. The van der Waals surface area contributed by atoms with Gasteiger partial charge >= 0.3 is 0 Å². The summed E-state index contributed by atoms with van der Waals surface area (Å²) in [4.78, 5) is 18.2. The number of aliphatic imine (C=N–C) groups is 1. The summed E-state index contributed by atoms with van der Waals surface area (Å²) in [5, 5.41) is 0. The summed E-state index contributed by atoms with van der Waals surface area (Å²) in [7, 11) is 0. The van der Waals surface area contributed by atoms with Gasteiger partial charge in [-0.25, -0.2) is 14.4 Å².